The van der Waals surface area contributed by atoms with Crippen molar-refractivity contribution in [3.63, 3.8) is 0 Å². The second kappa shape index (κ2) is 16.5. The molecule has 1 aliphatic carbocycles. The zero-order valence-corrected chi connectivity index (χ0v) is 31.1. The minimum absolute atomic E-state index is 0.0687. The molecule has 2 fully saturated rings. The number of nitrogen functional groups attached to an aromatic ring is 1. The molecule has 1 unspecified atom stereocenters. The summed E-state index contributed by atoms with van der Waals surface area (Å²) >= 11 is 0. The second-order valence-corrected chi connectivity index (χ2v) is 14.8. The first-order valence-corrected chi connectivity index (χ1v) is 19.5. The average molecular weight is 763 g/mol. The molecule has 17 heteroatoms. The van der Waals surface area contributed by atoms with Gasteiger partial charge in [0.1, 0.15) is 41.9 Å². The molecule has 2 aromatic carbocycles. The molecular weight excluding hydrogens is 719 g/mol. The molecule has 2 aliphatic rings. The van der Waals surface area contributed by atoms with Gasteiger partial charge in [-0.1, -0.05) is 56.7 Å². The predicted molar refractivity (Wildman–Crippen MR) is 194 cm³/mol. The lowest BCUT2D eigenvalue weighted by Gasteiger charge is -2.28. The van der Waals surface area contributed by atoms with Gasteiger partial charge in [0.15, 0.2) is 18.0 Å². The zero-order valence-electron chi connectivity index (χ0n) is 30.2. The molecule has 1 aliphatic heterocycles. The number of nitrogens with one attached hydrogen (secondary N) is 1. The fraction of sp³-hybridized carbons (Fsp3) is 0.459. The third-order valence-electron chi connectivity index (χ3n) is 9.45. The van der Waals surface area contributed by atoms with Crippen LogP contribution in [0.25, 0.3) is 16.3 Å². The quantitative estimate of drug-likeness (QED) is 0.0949. The first kappa shape index (κ1) is 38.6. The molecule has 6 atom stereocenters. The lowest BCUT2D eigenvalue weighted by atomic mass is 9.92. The monoisotopic (exact) mass is 762 g/mol. The van der Waals surface area contributed by atoms with Crippen molar-refractivity contribution in [2.24, 2.45) is 0 Å². The number of hydrogen-bond acceptors (Lipinski definition) is 14. The molecular formula is C37H43N6O10P. The average Bonchev–Trinajstić information content (AvgIpc) is 3.75. The van der Waals surface area contributed by atoms with Crippen molar-refractivity contribution in [1.82, 2.24) is 19.7 Å². The maximum Gasteiger partial charge on any atom is 0.459 e. The molecule has 6 rings (SSSR count). The molecule has 0 amide bonds. The smallest absolute Gasteiger partial charge is 0.459 e. The lowest BCUT2D eigenvalue weighted by Crippen LogP contribution is -2.46. The highest BCUT2D eigenvalue weighted by Gasteiger charge is 2.62. The van der Waals surface area contributed by atoms with E-state index in [0.717, 1.165) is 37.5 Å². The van der Waals surface area contributed by atoms with E-state index in [0.29, 0.717) is 10.9 Å². The van der Waals surface area contributed by atoms with E-state index in [-0.39, 0.29) is 36.2 Å². The van der Waals surface area contributed by atoms with Crippen LogP contribution in [0.15, 0.2) is 60.9 Å². The van der Waals surface area contributed by atoms with E-state index in [1.807, 2.05) is 18.2 Å². The zero-order chi connectivity index (χ0) is 38.5. The molecule has 4 aromatic rings. The van der Waals surface area contributed by atoms with Crippen LogP contribution in [0, 0.1) is 11.3 Å². The van der Waals surface area contributed by atoms with Gasteiger partial charge < -0.3 is 29.2 Å². The minimum atomic E-state index is -4.54. The number of nitriles is 1. The number of carbonyl (C=O) groups excluding carboxylic acids is 3. The van der Waals surface area contributed by atoms with Gasteiger partial charge >= 0.3 is 25.7 Å². The second-order valence-electron chi connectivity index (χ2n) is 13.1. The third kappa shape index (κ3) is 8.05. The topological polar surface area (TPSA) is 216 Å². The Morgan fingerprint density at radius 2 is 1.76 bits per heavy atom. The van der Waals surface area contributed by atoms with Gasteiger partial charge in [-0.3, -0.25) is 18.9 Å². The Kier molecular flexibility index (Phi) is 11.8. The first-order valence-electron chi connectivity index (χ1n) is 18.0. The van der Waals surface area contributed by atoms with E-state index in [1.165, 1.54) is 23.8 Å². The highest BCUT2D eigenvalue weighted by Crippen LogP contribution is 2.49. The molecule has 2 aromatic heterocycles. The normalized spacial score (nSPS) is 23.3. The molecule has 16 nitrogen and oxygen atoms in total. The van der Waals surface area contributed by atoms with Crippen molar-refractivity contribution in [2.75, 3.05) is 12.3 Å². The number of esters is 3. The fourth-order valence-electron chi connectivity index (χ4n) is 6.67. The fourth-order valence-corrected chi connectivity index (χ4v) is 8.19. The molecule has 286 valence electrons. The summed E-state index contributed by atoms with van der Waals surface area (Å²) in [4.78, 5) is 43.0. The van der Waals surface area contributed by atoms with Gasteiger partial charge in [-0.2, -0.15) is 15.4 Å². The number of benzene rings is 2. The summed E-state index contributed by atoms with van der Waals surface area (Å²) in [7, 11) is -4.54. The summed E-state index contributed by atoms with van der Waals surface area (Å²) in [5.74, 6) is -1.76. The Labute approximate surface area is 311 Å². The highest BCUT2D eigenvalue weighted by molar-refractivity contribution is 7.52. The van der Waals surface area contributed by atoms with Crippen molar-refractivity contribution in [3.8, 4) is 11.8 Å². The summed E-state index contributed by atoms with van der Waals surface area (Å²) in [6.45, 7) is 3.98. The Morgan fingerprint density at radius 3 is 2.50 bits per heavy atom. The number of ether oxygens (including phenoxy) is 4. The maximum absolute atomic E-state index is 14.8. The van der Waals surface area contributed by atoms with Crippen molar-refractivity contribution >= 4 is 47.8 Å². The van der Waals surface area contributed by atoms with Gasteiger partial charge in [-0.05, 0) is 56.2 Å². The van der Waals surface area contributed by atoms with Crippen LogP contribution in [0.1, 0.15) is 71.4 Å². The Hall–Kier alpha value is -5.07. The molecule has 1 saturated heterocycles. The molecule has 0 bridgehead atoms. The predicted octanol–water partition coefficient (Wildman–Crippen LogP) is 5.28. The number of nitrogens with zero attached hydrogens (tertiary/aromatic N) is 4. The van der Waals surface area contributed by atoms with Crippen LogP contribution in [0.5, 0.6) is 5.75 Å². The van der Waals surface area contributed by atoms with Crippen molar-refractivity contribution < 1.29 is 46.9 Å². The van der Waals surface area contributed by atoms with Gasteiger partial charge in [-0.25, -0.2) is 14.1 Å². The summed E-state index contributed by atoms with van der Waals surface area (Å²) in [6, 6.07) is 16.5. The van der Waals surface area contributed by atoms with Crippen LogP contribution in [0.3, 0.4) is 0 Å². The van der Waals surface area contributed by atoms with Crippen LogP contribution in [0.2, 0.25) is 0 Å². The summed E-state index contributed by atoms with van der Waals surface area (Å²) < 4.78 is 52.1. The number of anilines is 1. The number of nitrogens with two attached hydrogens (primary N) is 1. The standard InChI is InChI=1S/C37H43N6O10P/c1-4-31(44)50-33-29(52-37(21-38,34(33)51-32(45)5-2)30-19-18-27-35(39)40-22-41-43(27)30)20-48-54(47,42-23(3)36(46)49-25-14-7-6-8-15-25)53-28-17-11-13-24-12-9-10-16-26(24)28/h9-13,16-19,22-23,25,29,33-34H,4-8,14-15,20H2,1-3H3,(H,42,47)(H2,39,40,41)/t23-,29+,33+,34+,37-,54?/m0/s1. The van der Waals surface area contributed by atoms with Gasteiger partial charge in [0, 0.05) is 18.2 Å². The molecule has 0 spiro atoms. The van der Waals surface area contributed by atoms with Crippen molar-refractivity contribution in [2.45, 2.75) is 102 Å². The van der Waals surface area contributed by atoms with E-state index in [9.17, 15) is 24.2 Å². The highest BCUT2D eigenvalue weighted by atomic mass is 31.2. The molecule has 3 heterocycles. The van der Waals surface area contributed by atoms with Gasteiger partial charge in [0.2, 0.25) is 5.60 Å². The Balaban J connectivity index is 1.36. The summed E-state index contributed by atoms with van der Waals surface area (Å²) in [6.07, 6.45) is 0.803. The largest absolute Gasteiger partial charge is 0.461 e. The van der Waals surface area contributed by atoms with E-state index in [2.05, 4.69) is 21.2 Å². The number of aromatic nitrogens is 3. The number of fused-ring (bicyclic) bond motifs is 2. The Morgan fingerprint density at radius 1 is 1.04 bits per heavy atom. The van der Waals surface area contributed by atoms with Gasteiger partial charge in [0.05, 0.1) is 12.3 Å². The molecule has 54 heavy (non-hydrogen) atoms. The van der Waals surface area contributed by atoms with Crippen LogP contribution < -0.4 is 15.3 Å². The van der Waals surface area contributed by atoms with Crippen molar-refractivity contribution in [3.05, 3.63) is 66.6 Å². The van der Waals surface area contributed by atoms with Gasteiger partial charge in [0.25, 0.3) is 0 Å². The SMILES string of the molecule is CCC(=O)O[C@H]1[C@@H](OC(=O)CC)[C@](C#N)(c2ccc3c(N)ncnn23)O[C@@H]1COP(=O)(N[C@@H](C)C(=O)OC1CCCCC1)Oc1cccc2ccccc12. The molecule has 1 saturated carbocycles. The van der Waals surface area contributed by atoms with E-state index >= 15 is 0 Å². The lowest BCUT2D eigenvalue weighted by molar-refractivity contribution is -0.169. The number of rotatable bonds is 14. The van der Waals surface area contributed by atoms with E-state index in [1.54, 1.807) is 44.2 Å². The van der Waals surface area contributed by atoms with Crippen molar-refractivity contribution in [1.29, 1.82) is 5.26 Å². The summed E-state index contributed by atoms with van der Waals surface area (Å²) in [5.41, 5.74) is 4.36. The van der Waals surface area contributed by atoms with Crippen LogP contribution in [-0.4, -0.2) is 69.6 Å². The van der Waals surface area contributed by atoms with Crippen LogP contribution in [0.4, 0.5) is 5.82 Å². The molecule has 3 N–H and O–H groups in total. The Bertz CT molecular complexity index is 2090. The minimum Gasteiger partial charge on any atom is -0.461 e. The van der Waals surface area contributed by atoms with Crippen LogP contribution >= 0.6 is 7.75 Å². The van der Waals surface area contributed by atoms with E-state index < -0.39 is 62.2 Å². The summed E-state index contributed by atoms with van der Waals surface area (Å²) in [5, 5.41) is 19.2. The van der Waals surface area contributed by atoms with Crippen LogP contribution in [-0.2, 0) is 48.0 Å². The molecule has 0 radical (unpaired) electrons. The van der Waals surface area contributed by atoms with E-state index in [4.69, 9.17) is 33.7 Å². The number of carbonyl (C=O) groups is 3. The number of hydrogen-bond donors (Lipinski definition) is 2. The maximum atomic E-state index is 14.8. The van der Waals surface area contributed by atoms with Gasteiger partial charge in [-0.15, -0.1) is 0 Å². The third-order valence-corrected chi connectivity index (χ3v) is 11.1. The first-order chi connectivity index (χ1) is 26.0.